The molecule has 0 aromatic heterocycles. The van der Waals surface area contributed by atoms with Gasteiger partial charge in [-0.25, -0.2) is 0 Å². The molecule has 0 heterocycles. The van der Waals surface area contributed by atoms with Gasteiger partial charge in [-0.1, -0.05) is 0 Å². The Labute approximate surface area is 630 Å². The summed E-state index contributed by atoms with van der Waals surface area (Å²) in [5.74, 6) is 0. The maximum atomic E-state index is 8.42. The molecule has 0 aliphatic carbocycles. The van der Waals surface area contributed by atoms with Crippen molar-refractivity contribution in [2.45, 2.75) is 249 Å². The van der Waals surface area contributed by atoms with Crippen LogP contribution in [-0.4, -0.2) is 265 Å². The molecule has 0 aromatic carbocycles. The molecule has 28 heteroatoms. The topological polar surface area (TPSA) is 330 Å². The quantitative estimate of drug-likeness (QED) is 0.0261. The molecule has 0 bridgehead atoms. The van der Waals surface area contributed by atoms with Crippen LogP contribution in [0.25, 0.3) is 0 Å². The van der Waals surface area contributed by atoms with Gasteiger partial charge in [-0.15, -0.1) is 0 Å². The average Bonchev–Trinajstić information content (AvgIpc) is 3.67. The Hall–Kier alpha value is -0.700. The molecular weight excluding hydrogens is 1270 g/mol. The van der Waals surface area contributed by atoms with Gasteiger partial charge in [0.1, 0.15) is 0 Å². The minimum absolute atomic E-state index is 1.27. The molecule has 100 heavy (non-hydrogen) atoms. The van der Waals surface area contributed by atoms with Crippen molar-refractivity contribution in [1.82, 2.24) is 0 Å². The largest absolute Gasteiger partial charge is 0.907 e. The van der Waals surface area contributed by atoms with Gasteiger partial charge in [-0.05, 0) is 249 Å². The molecule has 24 nitrogen and oxygen atoms in total. The van der Waals surface area contributed by atoms with E-state index in [0.29, 0.717) is 0 Å². The Bertz CT molecular complexity index is 785. The lowest BCUT2D eigenvalue weighted by Crippen LogP contribution is -3.11. The zero-order valence-electron chi connectivity index (χ0n) is 74.7. The first-order valence-corrected chi connectivity index (χ1v) is 41.0. The first kappa shape index (κ1) is 138. The molecule has 0 rings (SSSR count). The van der Waals surface area contributed by atoms with Crippen molar-refractivity contribution in [3.05, 3.63) is 0 Å². The second-order valence-corrected chi connectivity index (χ2v) is 22.9. The smallest absolute Gasteiger partial charge is 0.0742 e. The Morgan fingerprint density at radius 1 is 0.100 bits per heavy atom. The highest BCUT2D eigenvalue weighted by Crippen LogP contribution is 1.53. The van der Waals surface area contributed by atoms with Crippen LogP contribution >= 0.6 is 0 Å². The van der Waals surface area contributed by atoms with E-state index in [4.69, 9.17) is 60.3 Å². The summed E-state index contributed by atoms with van der Waals surface area (Å²) in [5.41, 5.74) is 0. The van der Waals surface area contributed by atoms with Crippen LogP contribution in [-0.2, 0) is 0 Å². The van der Waals surface area contributed by atoms with Crippen LogP contribution in [0.2, 0.25) is 0 Å². The van der Waals surface area contributed by atoms with Crippen LogP contribution in [0.3, 0.4) is 0 Å². The summed E-state index contributed by atoms with van der Waals surface area (Å²) in [5, 5.41) is 101. The highest BCUT2D eigenvalue weighted by atomic mass is 16.5. The zero-order valence-corrected chi connectivity index (χ0v) is 74.7. The van der Waals surface area contributed by atoms with Crippen LogP contribution < -0.4 is 119 Å². The third-order valence-electron chi connectivity index (χ3n) is 18.0. The lowest BCUT2D eigenvalue weighted by Gasteiger charge is -2.35. The van der Waals surface area contributed by atoms with E-state index in [0.717, 1.165) is 0 Å². The maximum Gasteiger partial charge on any atom is 0.0742 e. The molecule has 0 spiro atoms. The predicted octanol–water partition coefficient (Wildman–Crippen LogP) is -16.6. The number of rotatable bonds is 36. The van der Waals surface area contributed by atoms with Crippen molar-refractivity contribution in [1.29, 1.82) is 0 Å². The Balaban J connectivity index is -0.0000000540. The monoisotopic (exact) mass is 1460 g/mol. The fraction of sp³-hybridized carbons (Fsp3) is 1.00. The van der Waals surface area contributed by atoms with E-state index in [1.54, 1.807) is 58.8 Å². The maximum absolute atomic E-state index is 8.42. The molecule has 0 saturated carbocycles. The first-order valence-electron chi connectivity index (χ1n) is 41.0. The Morgan fingerprint density at radius 3 is 0.120 bits per heavy atom. The molecular formula is C72H192B4N12O12. The third kappa shape index (κ3) is 177. The van der Waals surface area contributed by atoms with E-state index in [-0.39, 0.29) is 0 Å². The van der Waals surface area contributed by atoms with E-state index < -0.39 is 29.3 Å². The standard InChI is InChI=1S/12C6H15N.4BO3/c12*1-4-7(5-2)6-3;4*2-1(3)4/h12*4-6H2,1-3H3;;;;/q;;;;;;;;;;;;4*-3/p+12. The van der Waals surface area contributed by atoms with Crippen LogP contribution in [0.5, 0.6) is 0 Å². The lowest BCUT2D eigenvalue weighted by molar-refractivity contribution is -0.894. The van der Waals surface area contributed by atoms with E-state index in [9.17, 15) is 0 Å². The van der Waals surface area contributed by atoms with E-state index in [1.807, 2.05) is 0 Å². The van der Waals surface area contributed by atoms with Crippen LogP contribution in [0.15, 0.2) is 0 Å². The average molecular weight is 1460 g/mol. The molecule has 12 N–H and O–H groups in total. The summed E-state index contributed by atoms with van der Waals surface area (Å²) in [6.07, 6.45) is 0. The van der Waals surface area contributed by atoms with Crippen molar-refractivity contribution in [3.63, 3.8) is 0 Å². The van der Waals surface area contributed by atoms with Crippen molar-refractivity contribution in [3.8, 4) is 0 Å². The van der Waals surface area contributed by atoms with Gasteiger partial charge in [-0.2, -0.15) is 0 Å². The minimum atomic E-state index is -2.92. The number of nitrogens with one attached hydrogen (secondary N) is 12. The normalized spacial score (nSPS) is 9.72. The SMILES string of the molecule is CC[NH+](CC)CC.CC[NH+](CC)CC.CC[NH+](CC)CC.CC[NH+](CC)CC.CC[NH+](CC)CC.CC[NH+](CC)CC.CC[NH+](CC)CC.CC[NH+](CC)CC.CC[NH+](CC)CC.CC[NH+](CC)CC.CC[NH+](CC)CC.CC[NH+](CC)CC.[O-]B([O-])[O-].[O-]B([O-])[O-].[O-]B([O-])[O-].[O-]B([O-])[O-]. The molecule has 0 aliphatic rings. The number of quaternary nitrogens is 12. The van der Waals surface area contributed by atoms with Crippen molar-refractivity contribution in [2.24, 2.45) is 0 Å². The molecule has 0 aliphatic heterocycles. The second kappa shape index (κ2) is 134. The predicted molar refractivity (Wildman–Crippen MR) is 414 cm³/mol. The molecule has 624 valence electrons. The number of hydrogen-bond donors (Lipinski definition) is 12. The van der Waals surface area contributed by atoms with Gasteiger partial charge in [0, 0.05) is 0 Å². The van der Waals surface area contributed by atoms with Gasteiger partial charge in [0.25, 0.3) is 0 Å². The minimum Gasteiger partial charge on any atom is -0.907 e. The summed E-state index contributed by atoms with van der Waals surface area (Å²) in [7, 11) is -11.7. The highest BCUT2D eigenvalue weighted by Gasteiger charge is 1.99. The fourth-order valence-electron chi connectivity index (χ4n) is 9.00. The summed E-state index contributed by atoms with van der Waals surface area (Å²) < 4.78 is 0. The molecule has 0 saturated heterocycles. The summed E-state index contributed by atoms with van der Waals surface area (Å²) in [4.78, 5) is 20.2. The Kier molecular flexibility index (Phi) is 185. The summed E-state index contributed by atoms with van der Waals surface area (Å²) in [6, 6.07) is 0. The van der Waals surface area contributed by atoms with Gasteiger partial charge in [0.05, 0.1) is 236 Å². The molecule has 0 atom stereocenters. The molecule has 0 fully saturated rings. The molecule has 0 unspecified atom stereocenters. The van der Waals surface area contributed by atoms with Crippen LogP contribution in [0.1, 0.15) is 249 Å². The van der Waals surface area contributed by atoms with E-state index >= 15 is 0 Å². The number of hydrogen-bond acceptors (Lipinski definition) is 12. The van der Waals surface area contributed by atoms with Gasteiger partial charge >= 0.3 is 0 Å². The van der Waals surface area contributed by atoms with Gasteiger partial charge in [0.15, 0.2) is 0 Å². The van der Waals surface area contributed by atoms with Crippen molar-refractivity contribution in [2.75, 3.05) is 236 Å². The molecule has 0 radical (unpaired) electrons. The lowest BCUT2D eigenvalue weighted by atomic mass is 10.3. The second-order valence-electron chi connectivity index (χ2n) is 22.9. The summed E-state index contributed by atoms with van der Waals surface area (Å²) in [6.45, 7) is 126. The van der Waals surface area contributed by atoms with E-state index in [2.05, 4.69) is 249 Å². The fourth-order valence-corrected chi connectivity index (χ4v) is 9.00. The Morgan fingerprint density at radius 2 is 0.120 bits per heavy atom. The first-order chi connectivity index (χ1) is 47.1. The molecule has 0 aromatic rings. The van der Waals surface area contributed by atoms with Gasteiger partial charge < -0.3 is 119 Å². The van der Waals surface area contributed by atoms with Crippen molar-refractivity contribution < 1.29 is 119 Å². The van der Waals surface area contributed by atoms with Crippen molar-refractivity contribution >= 4 is 29.3 Å². The van der Waals surface area contributed by atoms with E-state index in [1.165, 1.54) is 236 Å². The van der Waals surface area contributed by atoms with Gasteiger partial charge in [-0.3, -0.25) is 29.3 Å². The molecule has 0 amide bonds. The summed E-state index contributed by atoms with van der Waals surface area (Å²) >= 11 is 0. The van der Waals surface area contributed by atoms with Gasteiger partial charge in [0.2, 0.25) is 0 Å². The van der Waals surface area contributed by atoms with Crippen LogP contribution in [0, 0.1) is 0 Å². The van der Waals surface area contributed by atoms with Crippen LogP contribution in [0.4, 0.5) is 0 Å². The zero-order chi connectivity index (χ0) is 82.7. The highest BCUT2D eigenvalue weighted by molar-refractivity contribution is 6.24. The third-order valence-corrected chi connectivity index (χ3v) is 18.0.